The Balaban J connectivity index is 2.87. The van der Waals surface area contributed by atoms with Crippen LogP contribution in [0.15, 0.2) is 48.6 Å². The molecule has 0 saturated carbocycles. The second-order valence-electron chi connectivity index (χ2n) is 3.69. The quantitative estimate of drug-likeness (QED) is 0.446. The maximum atomic E-state index is 10.5. The molecule has 0 atom stereocenters. The number of allylic oxidation sites excluding steroid dienone is 1. The summed E-state index contributed by atoms with van der Waals surface area (Å²) >= 11 is 0. The fraction of sp³-hybridized carbons (Fsp3) is 0.143. The van der Waals surface area contributed by atoms with Gasteiger partial charge in [0.25, 0.3) is 0 Å². The first-order valence-electron chi connectivity index (χ1n) is 5.73. The first-order chi connectivity index (χ1) is 9.17. The summed E-state index contributed by atoms with van der Waals surface area (Å²) in [6.45, 7) is 7.76. The van der Waals surface area contributed by atoms with Crippen LogP contribution >= 0.6 is 0 Å². The topological polar surface area (TPSA) is 76.7 Å². The summed E-state index contributed by atoms with van der Waals surface area (Å²) < 4.78 is 5.54. The molecular formula is C14H17N3O2. The largest absolute Gasteiger partial charge is 0.489 e. The Morgan fingerprint density at radius 1 is 1.42 bits per heavy atom. The number of benzene rings is 1. The third-order valence-corrected chi connectivity index (χ3v) is 2.19. The molecule has 5 nitrogen and oxygen atoms in total. The van der Waals surface area contributed by atoms with Crippen LogP contribution in [0.1, 0.15) is 11.1 Å². The van der Waals surface area contributed by atoms with Crippen molar-refractivity contribution in [3.63, 3.8) is 0 Å². The molecule has 0 aliphatic heterocycles. The maximum Gasteiger partial charge on any atom is 0.332 e. The van der Waals surface area contributed by atoms with Gasteiger partial charge in [0, 0.05) is 0 Å². The van der Waals surface area contributed by atoms with Crippen molar-refractivity contribution in [2.75, 3.05) is 6.61 Å². The number of rotatable bonds is 7. The van der Waals surface area contributed by atoms with E-state index in [0.717, 1.165) is 16.9 Å². The second-order valence-corrected chi connectivity index (χ2v) is 3.69. The molecule has 0 bridgehead atoms. The van der Waals surface area contributed by atoms with Crippen molar-refractivity contribution >= 4 is 12.2 Å². The zero-order valence-electron chi connectivity index (χ0n) is 10.6. The molecule has 0 aliphatic rings. The predicted octanol–water partition coefficient (Wildman–Crippen LogP) is 1.98. The van der Waals surface area contributed by atoms with Crippen molar-refractivity contribution in [1.29, 1.82) is 0 Å². The molecule has 0 heterocycles. The molecule has 1 rings (SSSR count). The number of carbonyl (C=O) groups excluding carboxylic acids is 1. The number of primary amides is 1. The highest BCUT2D eigenvalue weighted by Crippen LogP contribution is 2.20. The molecule has 0 aliphatic carbocycles. The summed E-state index contributed by atoms with van der Waals surface area (Å²) in [6, 6.07) is 4.88. The third-order valence-electron chi connectivity index (χ3n) is 2.19. The van der Waals surface area contributed by atoms with E-state index < -0.39 is 6.03 Å². The average molecular weight is 259 g/mol. The fourth-order valence-corrected chi connectivity index (χ4v) is 1.45. The fourth-order valence-electron chi connectivity index (χ4n) is 1.45. The smallest absolute Gasteiger partial charge is 0.332 e. The van der Waals surface area contributed by atoms with Crippen molar-refractivity contribution in [3.05, 3.63) is 54.6 Å². The zero-order valence-corrected chi connectivity index (χ0v) is 10.6. The highest BCUT2D eigenvalue weighted by atomic mass is 16.5. The summed E-state index contributed by atoms with van der Waals surface area (Å²) in [5.74, 6) is 0.778. The van der Waals surface area contributed by atoms with Crippen LogP contribution in [-0.4, -0.2) is 18.9 Å². The van der Waals surface area contributed by atoms with Crippen molar-refractivity contribution in [3.8, 4) is 5.75 Å². The van der Waals surface area contributed by atoms with Crippen LogP contribution in [-0.2, 0) is 6.42 Å². The SMILES string of the molecule is C=CCOc1ccc(C=NNC(N)=O)cc1CC=C. The van der Waals surface area contributed by atoms with E-state index >= 15 is 0 Å². The normalized spacial score (nSPS) is 10.1. The van der Waals surface area contributed by atoms with Gasteiger partial charge in [-0.25, -0.2) is 10.2 Å². The van der Waals surface area contributed by atoms with Crippen LogP contribution < -0.4 is 15.9 Å². The van der Waals surface area contributed by atoms with Gasteiger partial charge in [-0.3, -0.25) is 0 Å². The molecular weight excluding hydrogens is 242 g/mol. The Kier molecular flexibility index (Phi) is 5.88. The first-order valence-corrected chi connectivity index (χ1v) is 5.73. The molecule has 0 saturated heterocycles. The summed E-state index contributed by atoms with van der Waals surface area (Å²) in [7, 11) is 0. The van der Waals surface area contributed by atoms with E-state index in [1.807, 2.05) is 18.2 Å². The Morgan fingerprint density at radius 3 is 2.84 bits per heavy atom. The number of nitrogens with two attached hydrogens (primary N) is 1. The molecule has 3 N–H and O–H groups in total. The number of nitrogens with one attached hydrogen (secondary N) is 1. The van der Waals surface area contributed by atoms with E-state index in [1.54, 1.807) is 12.2 Å². The lowest BCUT2D eigenvalue weighted by Gasteiger charge is -2.09. The van der Waals surface area contributed by atoms with Gasteiger partial charge in [-0.15, -0.1) is 6.58 Å². The van der Waals surface area contributed by atoms with Crippen LogP contribution in [0.5, 0.6) is 5.75 Å². The van der Waals surface area contributed by atoms with Gasteiger partial charge in [0.05, 0.1) is 6.21 Å². The van der Waals surface area contributed by atoms with Crippen LogP contribution in [0, 0.1) is 0 Å². The van der Waals surface area contributed by atoms with Crippen molar-refractivity contribution in [2.24, 2.45) is 10.8 Å². The summed E-state index contributed by atoms with van der Waals surface area (Å²) in [4.78, 5) is 10.5. The van der Waals surface area contributed by atoms with E-state index in [1.165, 1.54) is 6.21 Å². The Hall–Kier alpha value is -2.56. The number of hydrazone groups is 1. The molecule has 19 heavy (non-hydrogen) atoms. The molecule has 1 aromatic carbocycles. The van der Waals surface area contributed by atoms with Gasteiger partial charge in [-0.2, -0.15) is 5.10 Å². The van der Waals surface area contributed by atoms with Crippen molar-refractivity contribution < 1.29 is 9.53 Å². The number of amides is 2. The van der Waals surface area contributed by atoms with E-state index in [-0.39, 0.29) is 0 Å². The van der Waals surface area contributed by atoms with Gasteiger partial charge in [0.2, 0.25) is 0 Å². The molecule has 0 radical (unpaired) electrons. The summed E-state index contributed by atoms with van der Waals surface area (Å²) in [6.07, 6.45) is 5.66. The van der Waals surface area contributed by atoms with E-state index in [2.05, 4.69) is 23.7 Å². The lowest BCUT2D eigenvalue weighted by atomic mass is 10.1. The van der Waals surface area contributed by atoms with Gasteiger partial charge in [-0.1, -0.05) is 18.7 Å². The average Bonchev–Trinajstić information content (AvgIpc) is 2.38. The second kappa shape index (κ2) is 7.71. The third kappa shape index (κ3) is 5.08. The Morgan fingerprint density at radius 2 is 2.21 bits per heavy atom. The van der Waals surface area contributed by atoms with Crippen LogP contribution in [0.3, 0.4) is 0 Å². The first kappa shape index (κ1) is 14.5. The van der Waals surface area contributed by atoms with E-state index in [9.17, 15) is 4.79 Å². The molecule has 0 aromatic heterocycles. The Labute approximate surface area is 112 Å². The van der Waals surface area contributed by atoms with Gasteiger partial charge >= 0.3 is 6.03 Å². The molecule has 100 valence electrons. The molecule has 5 heteroatoms. The van der Waals surface area contributed by atoms with Gasteiger partial charge in [-0.05, 0) is 35.7 Å². The lowest BCUT2D eigenvalue weighted by molar-refractivity contribution is 0.249. The standard InChI is InChI=1S/C14H17N3O2/c1-3-5-12-9-11(10-16-17-14(15)18)6-7-13(12)19-8-4-2/h3-4,6-7,9-10H,1-2,5,8H2,(H3,15,17,18). The number of urea groups is 1. The van der Waals surface area contributed by atoms with Crippen LogP contribution in [0.2, 0.25) is 0 Å². The molecule has 2 amide bonds. The minimum Gasteiger partial charge on any atom is -0.489 e. The van der Waals surface area contributed by atoms with Gasteiger partial charge in [0.15, 0.2) is 0 Å². The summed E-state index contributed by atoms with van der Waals surface area (Å²) in [5, 5.41) is 3.70. The molecule has 0 spiro atoms. The highest BCUT2D eigenvalue weighted by Gasteiger charge is 2.03. The number of nitrogens with zero attached hydrogens (tertiary/aromatic N) is 1. The van der Waals surface area contributed by atoms with Gasteiger partial charge in [0.1, 0.15) is 12.4 Å². The van der Waals surface area contributed by atoms with Gasteiger partial charge < -0.3 is 10.5 Å². The number of ether oxygens (including phenoxy) is 1. The van der Waals surface area contributed by atoms with Crippen LogP contribution in [0.25, 0.3) is 0 Å². The monoisotopic (exact) mass is 259 g/mol. The van der Waals surface area contributed by atoms with Crippen molar-refractivity contribution in [1.82, 2.24) is 5.43 Å². The minimum absolute atomic E-state index is 0.445. The summed E-state index contributed by atoms with van der Waals surface area (Å²) in [5.41, 5.74) is 8.86. The zero-order chi connectivity index (χ0) is 14.1. The van der Waals surface area contributed by atoms with Crippen molar-refractivity contribution in [2.45, 2.75) is 6.42 Å². The Bertz CT molecular complexity index is 495. The highest BCUT2D eigenvalue weighted by molar-refractivity contribution is 5.82. The molecule has 1 aromatic rings. The number of carbonyl (C=O) groups is 1. The van der Waals surface area contributed by atoms with E-state index in [4.69, 9.17) is 10.5 Å². The number of hydrogen-bond donors (Lipinski definition) is 2. The molecule has 0 unspecified atom stereocenters. The lowest BCUT2D eigenvalue weighted by Crippen LogP contribution is -2.24. The predicted molar refractivity (Wildman–Crippen MR) is 76.3 cm³/mol. The maximum absolute atomic E-state index is 10.5. The molecule has 0 fully saturated rings. The van der Waals surface area contributed by atoms with Crippen LogP contribution in [0.4, 0.5) is 4.79 Å². The number of hydrogen-bond acceptors (Lipinski definition) is 3. The van der Waals surface area contributed by atoms with E-state index in [0.29, 0.717) is 13.0 Å². The minimum atomic E-state index is -0.700.